The number of guanidine groups is 1. The maximum atomic E-state index is 12.7. The molecule has 4 unspecified atom stereocenters. The lowest BCUT2D eigenvalue weighted by Gasteiger charge is -2.24. The minimum Gasteiger partial charge on any atom is -0.394 e. The molecule has 1 saturated heterocycles. The van der Waals surface area contributed by atoms with Crippen LogP contribution < -0.4 is 16.4 Å². The van der Waals surface area contributed by atoms with Gasteiger partial charge in [0.25, 0.3) is 5.91 Å². The molecule has 170 valence electrons. The second-order valence-corrected chi connectivity index (χ2v) is 7.32. The number of hydrogen-bond acceptors (Lipinski definition) is 9. The van der Waals surface area contributed by atoms with Crippen molar-refractivity contribution < 1.29 is 24.9 Å². The normalized spacial score (nSPS) is 24.4. The predicted octanol–water partition coefficient (Wildman–Crippen LogP) is -0.881. The largest absolute Gasteiger partial charge is 0.394 e. The van der Waals surface area contributed by atoms with E-state index in [0.717, 1.165) is 6.33 Å². The maximum absolute atomic E-state index is 12.7. The van der Waals surface area contributed by atoms with Gasteiger partial charge in [-0.3, -0.25) is 10.2 Å². The van der Waals surface area contributed by atoms with E-state index in [2.05, 4.69) is 20.7 Å². The average molecular weight is 452 g/mol. The third-order valence-corrected chi connectivity index (χ3v) is 5.29. The third kappa shape index (κ3) is 3.73. The first-order valence-electron chi connectivity index (χ1n) is 9.72. The van der Waals surface area contributed by atoms with E-state index in [-0.39, 0.29) is 17.5 Å². The van der Waals surface area contributed by atoms with E-state index >= 15 is 0 Å². The van der Waals surface area contributed by atoms with Gasteiger partial charge in [-0.25, -0.2) is 9.50 Å². The molecular formula is C20H20N8O5. The van der Waals surface area contributed by atoms with Crippen LogP contribution in [0.15, 0.2) is 42.7 Å². The second kappa shape index (κ2) is 8.45. The van der Waals surface area contributed by atoms with E-state index in [0.29, 0.717) is 16.8 Å². The zero-order valence-corrected chi connectivity index (χ0v) is 17.0. The highest BCUT2D eigenvalue weighted by atomic mass is 16.6. The van der Waals surface area contributed by atoms with Crippen molar-refractivity contribution in [3.63, 3.8) is 0 Å². The molecule has 0 radical (unpaired) electrons. The first-order valence-corrected chi connectivity index (χ1v) is 9.72. The van der Waals surface area contributed by atoms with Gasteiger partial charge in [-0.15, -0.1) is 0 Å². The first kappa shape index (κ1) is 22.1. The molecule has 1 aliphatic heterocycles. The van der Waals surface area contributed by atoms with Crippen LogP contribution in [0.25, 0.3) is 5.52 Å². The van der Waals surface area contributed by atoms with E-state index in [4.69, 9.17) is 15.9 Å². The van der Waals surface area contributed by atoms with Gasteiger partial charge in [-0.1, -0.05) is 0 Å². The Morgan fingerprint density at radius 2 is 2.00 bits per heavy atom. The quantitative estimate of drug-likeness (QED) is 0.187. The number of rotatable bonds is 5. The summed E-state index contributed by atoms with van der Waals surface area (Å²) < 4.78 is 6.81. The van der Waals surface area contributed by atoms with E-state index in [1.807, 2.05) is 6.07 Å². The van der Waals surface area contributed by atoms with Crippen molar-refractivity contribution in [2.75, 3.05) is 17.2 Å². The number of nitrogens with one attached hydrogen (secondary N) is 3. The van der Waals surface area contributed by atoms with Crippen molar-refractivity contribution in [1.82, 2.24) is 14.6 Å². The molecule has 0 spiro atoms. The zero-order valence-electron chi connectivity index (χ0n) is 17.0. The van der Waals surface area contributed by atoms with Crippen molar-refractivity contribution >= 4 is 28.9 Å². The summed E-state index contributed by atoms with van der Waals surface area (Å²) in [6.07, 6.45) is -3.14. The molecule has 13 nitrogen and oxygen atoms in total. The summed E-state index contributed by atoms with van der Waals surface area (Å²) in [4.78, 5) is 16.8. The number of carbonyl (C=O) groups excluding carboxylic acids is 1. The molecule has 13 heteroatoms. The van der Waals surface area contributed by atoms with Gasteiger partial charge in [0.1, 0.15) is 36.2 Å². The minimum absolute atomic E-state index is 0.0973. The fourth-order valence-electron chi connectivity index (χ4n) is 3.68. The van der Waals surface area contributed by atoms with Crippen LogP contribution >= 0.6 is 0 Å². The Morgan fingerprint density at radius 3 is 2.61 bits per heavy atom. The molecular weight excluding hydrogens is 432 g/mol. The number of anilines is 2. The minimum atomic E-state index is -1.99. The molecule has 33 heavy (non-hydrogen) atoms. The summed E-state index contributed by atoms with van der Waals surface area (Å²) in [5.41, 5.74) is 4.55. The number of aliphatic hydroxyl groups is 3. The van der Waals surface area contributed by atoms with Crippen LogP contribution in [0, 0.1) is 16.7 Å². The fourth-order valence-corrected chi connectivity index (χ4v) is 3.68. The van der Waals surface area contributed by atoms with E-state index in [1.165, 1.54) is 28.8 Å². The number of ether oxygens (including phenoxy) is 1. The average Bonchev–Trinajstić information content (AvgIpc) is 3.35. The van der Waals surface area contributed by atoms with Crippen molar-refractivity contribution in [3.8, 4) is 6.07 Å². The molecule has 2 aromatic heterocycles. The Morgan fingerprint density at radius 1 is 1.27 bits per heavy atom. The van der Waals surface area contributed by atoms with E-state index < -0.39 is 36.4 Å². The molecule has 4 atom stereocenters. The zero-order chi connectivity index (χ0) is 23.8. The van der Waals surface area contributed by atoms with E-state index in [9.17, 15) is 25.4 Å². The molecule has 1 amide bonds. The van der Waals surface area contributed by atoms with Gasteiger partial charge in [0.2, 0.25) is 5.60 Å². The highest BCUT2D eigenvalue weighted by Gasteiger charge is 2.57. The number of carbonyl (C=O) groups is 1. The summed E-state index contributed by atoms with van der Waals surface area (Å²) in [5.74, 6) is -0.577. The van der Waals surface area contributed by atoms with Gasteiger partial charge < -0.3 is 36.4 Å². The lowest BCUT2D eigenvalue weighted by Crippen LogP contribution is -2.40. The molecule has 3 aromatic rings. The number of hydrogen-bond donors (Lipinski definition) is 7. The lowest BCUT2D eigenvalue weighted by molar-refractivity contribution is -0.0643. The van der Waals surface area contributed by atoms with Gasteiger partial charge in [-0.05, 0) is 36.4 Å². The monoisotopic (exact) mass is 452 g/mol. The Balaban J connectivity index is 1.65. The van der Waals surface area contributed by atoms with Crippen LogP contribution in [0.2, 0.25) is 0 Å². The van der Waals surface area contributed by atoms with Gasteiger partial charge in [0.15, 0.2) is 11.8 Å². The molecule has 0 saturated carbocycles. The number of aromatic nitrogens is 3. The molecule has 0 aliphatic carbocycles. The Kier molecular flexibility index (Phi) is 5.66. The molecule has 4 rings (SSSR count). The van der Waals surface area contributed by atoms with Crippen LogP contribution in [0.1, 0.15) is 16.1 Å². The van der Waals surface area contributed by atoms with Crippen LogP contribution in [0.5, 0.6) is 0 Å². The summed E-state index contributed by atoms with van der Waals surface area (Å²) in [6.45, 7) is -0.595. The third-order valence-electron chi connectivity index (χ3n) is 5.29. The van der Waals surface area contributed by atoms with Gasteiger partial charge in [0, 0.05) is 11.3 Å². The van der Waals surface area contributed by atoms with Crippen molar-refractivity contribution in [2.24, 2.45) is 5.73 Å². The molecule has 1 fully saturated rings. The number of fused-ring (bicyclic) bond motifs is 1. The SMILES string of the molecule is N#CC1(c2ccc3c(NC(=O)c4ccc(NC(=N)N)cc4)ncnn23)OC(CO)C(O)C1O. The standard InChI is InChI=1S/C20H20N8O5/c21-8-20(16(31)15(30)13(7-29)33-20)14-6-5-12-17(24-9-25-28(12)14)27-18(32)10-1-3-11(4-2-10)26-19(22)23/h1-6,9,13,15-16,29-31H,7H2,(H4,22,23,26)(H,24,25,27,32). The Labute approximate surface area is 186 Å². The summed E-state index contributed by atoms with van der Waals surface area (Å²) in [6, 6.07) is 11.1. The summed E-state index contributed by atoms with van der Waals surface area (Å²) in [5, 5.41) is 56.5. The predicted molar refractivity (Wildman–Crippen MR) is 114 cm³/mol. The number of amides is 1. The summed E-state index contributed by atoms with van der Waals surface area (Å²) in [7, 11) is 0. The fraction of sp³-hybridized carbons (Fsp3) is 0.250. The number of nitrogens with zero attached hydrogens (tertiary/aromatic N) is 4. The number of nitrogens with two attached hydrogens (primary N) is 1. The Bertz CT molecular complexity index is 1250. The van der Waals surface area contributed by atoms with E-state index in [1.54, 1.807) is 12.1 Å². The van der Waals surface area contributed by atoms with Gasteiger partial charge in [-0.2, -0.15) is 10.4 Å². The first-order chi connectivity index (χ1) is 15.8. The number of benzene rings is 1. The van der Waals surface area contributed by atoms with Crippen LogP contribution in [-0.2, 0) is 10.3 Å². The highest BCUT2D eigenvalue weighted by molar-refractivity contribution is 6.05. The topological polar surface area (TPSA) is 215 Å². The van der Waals surface area contributed by atoms with Crippen molar-refractivity contribution in [1.29, 1.82) is 10.7 Å². The van der Waals surface area contributed by atoms with Crippen LogP contribution in [0.3, 0.4) is 0 Å². The van der Waals surface area contributed by atoms with Gasteiger partial charge >= 0.3 is 0 Å². The van der Waals surface area contributed by atoms with Crippen molar-refractivity contribution in [2.45, 2.75) is 23.9 Å². The molecule has 0 bridgehead atoms. The maximum Gasteiger partial charge on any atom is 0.256 e. The second-order valence-electron chi connectivity index (χ2n) is 7.32. The smallest absolute Gasteiger partial charge is 0.256 e. The summed E-state index contributed by atoms with van der Waals surface area (Å²) >= 11 is 0. The van der Waals surface area contributed by atoms with Crippen LogP contribution in [-0.4, -0.2) is 66.7 Å². The molecule has 3 heterocycles. The van der Waals surface area contributed by atoms with Crippen LogP contribution in [0.4, 0.5) is 11.5 Å². The van der Waals surface area contributed by atoms with Crippen molar-refractivity contribution in [3.05, 3.63) is 54.0 Å². The molecule has 8 N–H and O–H groups in total. The molecule has 1 aliphatic rings. The Hall–Kier alpha value is -4.09. The van der Waals surface area contributed by atoms with Gasteiger partial charge in [0.05, 0.1) is 12.3 Å². The molecule has 1 aromatic carbocycles. The lowest BCUT2D eigenvalue weighted by atomic mass is 9.92. The number of aliphatic hydroxyl groups excluding tert-OH is 3. The highest BCUT2D eigenvalue weighted by Crippen LogP contribution is 2.40. The number of nitriles is 1.